The van der Waals surface area contributed by atoms with Crippen LogP contribution in [0.2, 0.25) is 5.02 Å². The molecule has 0 atom stereocenters. The van der Waals surface area contributed by atoms with Crippen LogP contribution < -0.4 is 9.64 Å². The summed E-state index contributed by atoms with van der Waals surface area (Å²) < 4.78 is 44.0. The van der Waals surface area contributed by atoms with E-state index >= 15 is 0 Å². The lowest BCUT2D eigenvalue weighted by atomic mass is 10.1. The van der Waals surface area contributed by atoms with Crippen molar-refractivity contribution >= 4 is 23.2 Å². The van der Waals surface area contributed by atoms with Crippen LogP contribution in [-0.4, -0.2) is 44.1 Å². The summed E-state index contributed by atoms with van der Waals surface area (Å²) in [5, 5.41) is -0.243. The maximum atomic E-state index is 12.8. The molecule has 0 fully saturated rings. The van der Waals surface area contributed by atoms with Crippen LogP contribution in [0.4, 0.5) is 18.9 Å². The molecule has 0 saturated heterocycles. The summed E-state index contributed by atoms with van der Waals surface area (Å²) in [4.78, 5) is 16.2. The van der Waals surface area contributed by atoms with E-state index in [1.54, 1.807) is 24.3 Å². The first kappa shape index (κ1) is 23.0. The largest absolute Gasteiger partial charge is 0.492 e. The molecule has 0 aliphatic rings. The van der Waals surface area contributed by atoms with Gasteiger partial charge in [-0.05, 0) is 55.6 Å². The van der Waals surface area contributed by atoms with E-state index in [1.165, 1.54) is 11.9 Å². The summed E-state index contributed by atoms with van der Waals surface area (Å²) in [6.45, 7) is 7.47. The van der Waals surface area contributed by atoms with Crippen molar-refractivity contribution in [3.63, 3.8) is 0 Å². The molecule has 0 bridgehead atoms. The molecule has 1 amide bonds. The first-order valence-corrected chi connectivity index (χ1v) is 9.65. The number of amides is 1. The molecule has 2 rings (SSSR count). The first-order chi connectivity index (χ1) is 13.7. The maximum absolute atomic E-state index is 12.8. The van der Waals surface area contributed by atoms with E-state index in [0.717, 1.165) is 37.8 Å². The van der Waals surface area contributed by atoms with Gasteiger partial charge in [0.15, 0.2) is 0 Å². The van der Waals surface area contributed by atoms with Crippen molar-refractivity contribution in [3.05, 3.63) is 58.6 Å². The average Bonchev–Trinajstić information content (AvgIpc) is 2.70. The number of ether oxygens (including phenoxy) is 1. The Morgan fingerprint density at radius 2 is 1.69 bits per heavy atom. The molecular formula is C21H24ClF3N2O2. The molecule has 158 valence electrons. The van der Waals surface area contributed by atoms with E-state index in [2.05, 4.69) is 18.7 Å². The smallest absolute Gasteiger partial charge is 0.416 e. The van der Waals surface area contributed by atoms with Gasteiger partial charge < -0.3 is 14.5 Å². The van der Waals surface area contributed by atoms with E-state index < -0.39 is 17.6 Å². The Bertz CT molecular complexity index is 822. The summed E-state index contributed by atoms with van der Waals surface area (Å²) in [5.41, 5.74) is -0.323. The van der Waals surface area contributed by atoms with E-state index in [0.29, 0.717) is 18.0 Å². The fraction of sp³-hybridized carbons (Fsp3) is 0.381. The number of anilines is 1. The summed E-state index contributed by atoms with van der Waals surface area (Å²) in [5.74, 6) is 0.174. The van der Waals surface area contributed by atoms with Gasteiger partial charge in [-0.2, -0.15) is 13.2 Å². The van der Waals surface area contributed by atoms with Gasteiger partial charge in [0.2, 0.25) is 0 Å². The number of rotatable bonds is 8. The van der Waals surface area contributed by atoms with Gasteiger partial charge in [0.1, 0.15) is 12.4 Å². The minimum Gasteiger partial charge on any atom is -0.492 e. The van der Waals surface area contributed by atoms with Crippen LogP contribution >= 0.6 is 11.6 Å². The van der Waals surface area contributed by atoms with Gasteiger partial charge >= 0.3 is 6.18 Å². The zero-order valence-corrected chi connectivity index (χ0v) is 17.3. The molecule has 0 heterocycles. The van der Waals surface area contributed by atoms with Crippen LogP contribution in [0.15, 0.2) is 42.5 Å². The molecule has 4 nitrogen and oxygen atoms in total. The Morgan fingerprint density at radius 1 is 1.07 bits per heavy atom. The number of carbonyl (C=O) groups is 1. The molecule has 2 aromatic carbocycles. The SMILES string of the molecule is CCN(CC)CCOc1ccc(N(C)C(=O)c2ccc(C(F)(F)F)cc2Cl)cc1. The average molecular weight is 429 g/mol. The van der Waals surface area contributed by atoms with E-state index in [-0.39, 0.29) is 10.6 Å². The minimum atomic E-state index is -4.52. The van der Waals surface area contributed by atoms with Crippen molar-refractivity contribution < 1.29 is 22.7 Å². The predicted molar refractivity (Wildman–Crippen MR) is 109 cm³/mol. The highest BCUT2D eigenvalue weighted by molar-refractivity contribution is 6.34. The van der Waals surface area contributed by atoms with Crippen LogP contribution in [0.5, 0.6) is 5.75 Å². The molecule has 0 aliphatic carbocycles. The Labute approximate surface area is 173 Å². The number of likely N-dealkylation sites (N-methyl/N-ethyl adjacent to an activating group) is 1. The Kier molecular flexibility index (Phi) is 7.93. The number of carbonyl (C=O) groups excluding carboxylic acids is 1. The zero-order valence-electron chi connectivity index (χ0n) is 16.6. The number of nitrogens with zero attached hydrogens (tertiary/aromatic N) is 2. The van der Waals surface area contributed by atoms with Crippen molar-refractivity contribution in [2.75, 3.05) is 38.2 Å². The molecule has 2 aromatic rings. The quantitative estimate of drug-likeness (QED) is 0.567. The Balaban J connectivity index is 2.04. The van der Waals surface area contributed by atoms with Crippen LogP contribution in [0.1, 0.15) is 29.8 Å². The van der Waals surface area contributed by atoms with Crippen molar-refractivity contribution in [1.82, 2.24) is 4.90 Å². The van der Waals surface area contributed by atoms with Gasteiger partial charge in [-0.15, -0.1) is 0 Å². The number of hydrogen-bond donors (Lipinski definition) is 0. The minimum absolute atomic E-state index is 0.00159. The molecule has 0 saturated carbocycles. The van der Waals surface area contributed by atoms with Crippen LogP contribution in [-0.2, 0) is 6.18 Å². The summed E-state index contributed by atoms with van der Waals surface area (Å²) in [6, 6.07) is 9.61. The normalized spacial score (nSPS) is 11.6. The van der Waals surface area contributed by atoms with E-state index in [9.17, 15) is 18.0 Å². The molecular weight excluding hydrogens is 405 g/mol. The van der Waals surface area contributed by atoms with Crippen LogP contribution in [0, 0.1) is 0 Å². The molecule has 0 aromatic heterocycles. The number of halogens is 4. The maximum Gasteiger partial charge on any atom is 0.416 e. The molecule has 0 aliphatic heterocycles. The van der Waals surface area contributed by atoms with E-state index in [4.69, 9.17) is 16.3 Å². The summed E-state index contributed by atoms with van der Waals surface area (Å²) in [7, 11) is 1.53. The van der Waals surface area contributed by atoms with Crippen molar-refractivity contribution in [3.8, 4) is 5.75 Å². The van der Waals surface area contributed by atoms with Crippen LogP contribution in [0.25, 0.3) is 0 Å². The second kappa shape index (κ2) is 9.98. The Morgan fingerprint density at radius 3 is 2.21 bits per heavy atom. The van der Waals surface area contributed by atoms with Gasteiger partial charge in [-0.3, -0.25) is 4.79 Å². The molecule has 0 N–H and O–H groups in total. The fourth-order valence-electron chi connectivity index (χ4n) is 2.76. The van der Waals surface area contributed by atoms with Crippen molar-refractivity contribution in [2.45, 2.75) is 20.0 Å². The Hall–Kier alpha value is -2.25. The molecule has 29 heavy (non-hydrogen) atoms. The van der Waals surface area contributed by atoms with E-state index in [1.807, 2.05) is 0 Å². The third-order valence-electron chi connectivity index (χ3n) is 4.63. The fourth-order valence-corrected chi connectivity index (χ4v) is 3.02. The molecule has 0 radical (unpaired) electrons. The lowest BCUT2D eigenvalue weighted by molar-refractivity contribution is -0.137. The summed E-state index contributed by atoms with van der Waals surface area (Å²) in [6.07, 6.45) is -4.52. The van der Waals surface area contributed by atoms with Crippen molar-refractivity contribution in [2.24, 2.45) is 0 Å². The first-order valence-electron chi connectivity index (χ1n) is 9.27. The highest BCUT2D eigenvalue weighted by atomic mass is 35.5. The number of alkyl halides is 3. The standard InChI is InChI=1S/C21H24ClF3N2O2/c1-4-27(5-2)12-13-29-17-9-7-16(8-10-17)26(3)20(28)18-11-6-15(14-19(18)22)21(23,24)25/h6-11,14H,4-5,12-13H2,1-3H3. The second-order valence-electron chi connectivity index (χ2n) is 6.43. The summed E-state index contributed by atoms with van der Waals surface area (Å²) >= 11 is 5.92. The van der Waals surface area contributed by atoms with Gasteiger partial charge in [-0.1, -0.05) is 25.4 Å². The highest BCUT2D eigenvalue weighted by Crippen LogP contribution is 2.32. The number of hydrogen-bond acceptors (Lipinski definition) is 3. The molecule has 0 spiro atoms. The predicted octanol–water partition coefficient (Wildman–Crippen LogP) is 5.36. The van der Waals surface area contributed by atoms with Gasteiger partial charge in [0.05, 0.1) is 16.1 Å². The second-order valence-corrected chi connectivity index (χ2v) is 6.83. The third kappa shape index (κ3) is 6.11. The topological polar surface area (TPSA) is 32.8 Å². The van der Waals surface area contributed by atoms with Crippen molar-refractivity contribution in [1.29, 1.82) is 0 Å². The number of benzene rings is 2. The van der Waals surface area contributed by atoms with Gasteiger partial charge in [0, 0.05) is 19.3 Å². The lowest BCUT2D eigenvalue weighted by Crippen LogP contribution is -2.28. The third-order valence-corrected chi connectivity index (χ3v) is 4.94. The molecule has 0 unspecified atom stereocenters. The zero-order chi connectivity index (χ0) is 21.6. The van der Waals surface area contributed by atoms with Crippen LogP contribution in [0.3, 0.4) is 0 Å². The van der Waals surface area contributed by atoms with Gasteiger partial charge in [-0.25, -0.2) is 0 Å². The lowest BCUT2D eigenvalue weighted by Gasteiger charge is -2.20. The monoisotopic (exact) mass is 428 g/mol. The highest BCUT2D eigenvalue weighted by Gasteiger charge is 2.31. The molecule has 8 heteroatoms. The van der Waals surface area contributed by atoms with Gasteiger partial charge in [0.25, 0.3) is 5.91 Å².